The molecule has 0 unspecified atom stereocenters. The Morgan fingerprint density at radius 2 is 2.00 bits per heavy atom. The molecule has 0 spiro atoms. The maximum Gasteiger partial charge on any atom is 0.431 e. The van der Waals surface area contributed by atoms with Crippen LogP contribution in [-0.2, 0) is 4.79 Å². The molecule has 0 atom stereocenters. The number of halogens is 1. The summed E-state index contributed by atoms with van der Waals surface area (Å²) in [5, 5.41) is 12.1. The van der Waals surface area contributed by atoms with Crippen LogP contribution < -0.4 is 10.6 Å². The normalized spacial score (nSPS) is 22.1. The number of amides is 4. The molecule has 4 amide bonds. The first kappa shape index (κ1) is 10.1. The summed E-state index contributed by atoms with van der Waals surface area (Å²) in [5.41, 5.74) is -0.563. The molecule has 0 aromatic carbocycles. The van der Waals surface area contributed by atoms with Crippen molar-refractivity contribution in [3.05, 3.63) is 0 Å². The number of amidine groups is 1. The Balaban J connectivity index is 3.08. The van der Waals surface area contributed by atoms with Gasteiger partial charge in [-0.15, -0.1) is 0 Å². The first-order valence-corrected chi connectivity index (χ1v) is 3.51. The van der Waals surface area contributed by atoms with Crippen molar-refractivity contribution in [2.45, 2.75) is 0 Å². The maximum absolute atomic E-state index is 11.0. The van der Waals surface area contributed by atoms with E-state index in [1.54, 1.807) is 5.32 Å². The zero-order chi connectivity index (χ0) is 10.7. The van der Waals surface area contributed by atoms with Crippen LogP contribution in [0, 0.1) is 0 Å². The van der Waals surface area contributed by atoms with Crippen molar-refractivity contribution in [3.8, 4) is 0 Å². The number of nitrogens with zero attached hydrogens (tertiary/aromatic N) is 2. The molecular weight excluding hydrogens is 216 g/mol. The van der Waals surface area contributed by atoms with Gasteiger partial charge in [0.05, 0.1) is 0 Å². The number of imide groups is 1. The Kier molecular flexibility index (Phi) is 2.77. The predicted octanol–water partition coefficient (Wildman–Crippen LogP) is -0.503. The van der Waals surface area contributed by atoms with Crippen LogP contribution in [-0.4, -0.2) is 34.7 Å². The molecule has 74 valence electrons. The molecule has 0 aromatic rings. The lowest BCUT2D eigenvalue weighted by molar-refractivity contribution is -0.113. The topological polar surface area (TPSA) is 120 Å². The van der Waals surface area contributed by atoms with Crippen LogP contribution in [0.25, 0.3) is 0 Å². The van der Waals surface area contributed by atoms with Gasteiger partial charge in [0.15, 0.2) is 11.5 Å². The molecule has 9 heteroatoms. The third-order valence-corrected chi connectivity index (χ3v) is 1.36. The van der Waals surface area contributed by atoms with Gasteiger partial charge in [-0.25, -0.2) is 9.59 Å². The van der Waals surface area contributed by atoms with Gasteiger partial charge in [-0.2, -0.15) is 9.50 Å². The molecule has 14 heavy (non-hydrogen) atoms. The molecule has 0 saturated carbocycles. The Hall–Kier alpha value is -1.96. The number of urea groups is 1. The highest BCUT2D eigenvalue weighted by atomic mass is 35.5. The first-order valence-electron chi connectivity index (χ1n) is 3.18. The van der Waals surface area contributed by atoms with Crippen LogP contribution >= 0.6 is 11.8 Å². The van der Waals surface area contributed by atoms with Gasteiger partial charge in [-0.1, -0.05) is 0 Å². The minimum absolute atomic E-state index is 0.400. The number of aliphatic imine (C=N–C) groups is 1. The molecule has 3 N–H and O–H groups in total. The van der Waals surface area contributed by atoms with Gasteiger partial charge in [0, 0.05) is 11.8 Å². The highest BCUT2D eigenvalue weighted by Gasteiger charge is 2.28. The molecule has 0 aliphatic carbocycles. The Labute approximate surface area is 81.8 Å². The number of hydrogen-bond donors (Lipinski definition) is 3. The molecule has 1 rings (SSSR count). The Morgan fingerprint density at radius 3 is 2.50 bits per heavy atom. The quantitative estimate of drug-likeness (QED) is 0.507. The van der Waals surface area contributed by atoms with Crippen LogP contribution in [0.1, 0.15) is 0 Å². The summed E-state index contributed by atoms with van der Waals surface area (Å²) in [6, 6.07) is -0.848. The van der Waals surface area contributed by atoms with E-state index in [-0.39, 0.29) is 0 Å². The van der Waals surface area contributed by atoms with E-state index in [2.05, 4.69) is 9.50 Å². The number of carboxylic acid groups (broad SMARTS) is 1. The second-order valence-electron chi connectivity index (χ2n) is 2.08. The van der Waals surface area contributed by atoms with Crippen molar-refractivity contribution >= 4 is 41.4 Å². The zero-order valence-corrected chi connectivity index (χ0v) is 7.20. The zero-order valence-electron chi connectivity index (χ0n) is 6.44. The van der Waals surface area contributed by atoms with Gasteiger partial charge in [-0.3, -0.25) is 15.4 Å². The molecule has 0 radical (unpaired) electrons. The van der Waals surface area contributed by atoms with E-state index in [9.17, 15) is 14.4 Å². The van der Waals surface area contributed by atoms with Crippen LogP contribution in [0.3, 0.4) is 0 Å². The lowest BCUT2D eigenvalue weighted by atomic mass is 10.3. The molecule has 1 saturated heterocycles. The molecule has 0 aromatic heterocycles. The van der Waals surface area contributed by atoms with Gasteiger partial charge >= 0.3 is 12.1 Å². The smallest absolute Gasteiger partial charge is 0.431 e. The minimum Gasteiger partial charge on any atom is -0.463 e. The number of rotatable bonds is 0. The average Bonchev–Trinajstić information content (AvgIpc) is 2.08. The number of carbonyl (C=O) groups is 3. The van der Waals surface area contributed by atoms with E-state index in [1.165, 1.54) is 0 Å². The van der Waals surface area contributed by atoms with Crippen molar-refractivity contribution in [2.24, 2.45) is 9.50 Å². The van der Waals surface area contributed by atoms with Crippen molar-refractivity contribution in [2.75, 3.05) is 0 Å². The van der Waals surface area contributed by atoms with Gasteiger partial charge in [0.25, 0.3) is 5.91 Å². The fraction of sp³-hybridized carbons (Fsp3) is 0. The maximum atomic E-state index is 11.0. The Bertz CT molecular complexity index is 374. The number of hydrogen-bond acceptors (Lipinski definition) is 4. The van der Waals surface area contributed by atoms with E-state index < -0.39 is 29.6 Å². The second kappa shape index (κ2) is 3.83. The van der Waals surface area contributed by atoms with Crippen molar-refractivity contribution in [1.29, 1.82) is 0 Å². The first-order chi connectivity index (χ1) is 6.54. The standard InChI is InChI=1S/C5H3ClN4O4/c6-10-2-1(7-5(13)14)3(11)9-4(12)8-2/h(H,13,14)(H2,8,9,10,11,12)/b7-1-. The summed E-state index contributed by atoms with van der Waals surface area (Å²) in [5.74, 6) is -1.38. The lowest BCUT2D eigenvalue weighted by Gasteiger charge is -2.14. The molecule has 1 aliphatic rings. The number of carbonyl (C=O) groups excluding carboxylic acids is 2. The molecule has 1 aliphatic heterocycles. The van der Waals surface area contributed by atoms with E-state index >= 15 is 0 Å². The van der Waals surface area contributed by atoms with Gasteiger partial charge in [-0.05, 0) is 0 Å². The predicted molar refractivity (Wildman–Crippen MR) is 45.4 cm³/mol. The summed E-state index contributed by atoms with van der Waals surface area (Å²) in [7, 11) is 0. The summed E-state index contributed by atoms with van der Waals surface area (Å²) in [4.78, 5) is 34.8. The van der Waals surface area contributed by atoms with Crippen molar-refractivity contribution in [3.63, 3.8) is 0 Å². The molecule has 8 nitrogen and oxygen atoms in total. The molecule has 0 bridgehead atoms. The second-order valence-corrected chi connectivity index (χ2v) is 2.25. The van der Waals surface area contributed by atoms with Crippen LogP contribution in [0.15, 0.2) is 9.50 Å². The summed E-state index contributed by atoms with van der Waals surface area (Å²) in [6.07, 6.45) is -1.59. The monoisotopic (exact) mass is 218 g/mol. The van der Waals surface area contributed by atoms with E-state index in [4.69, 9.17) is 16.9 Å². The summed E-state index contributed by atoms with van der Waals surface area (Å²) >= 11 is 5.01. The van der Waals surface area contributed by atoms with Gasteiger partial charge in [0.1, 0.15) is 0 Å². The fourth-order valence-corrected chi connectivity index (χ4v) is 0.851. The summed E-state index contributed by atoms with van der Waals surface area (Å²) < 4.78 is 2.98. The highest BCUT2D eigenvalue weighted by molar-refractivity contribution is 6.71. The lowest BCUT2D eigenvalue weighted by Crippen LogP contribution is -2.56. The third-order valence-electron chi connectivity index (χ3n) is 1.19. The molecular formula is C5H3ClN4O4. The highest BCUT2D eigenvalue weighted by Crippen LogP contribution is 1.94. The van der Waals surface area contributed by atoms with Crippen molar-refractivity contribution in [1.82, 2.24) is 10.6 Å². The van der Waals surface area contributed by atoms with E-state index in [1.807, 2.05) is 5.32 Å². The van der Waals surface area contributed by atoms with Crippen molar-refractivity contribution < 1.29 is 19.5 Å². The third kappa shape index (κ3) is 2.04. The van der Waals surface area contributed by atoms with Crippen LogP contribution in [0.2, 0.25) is 0 Å². The van der Waals surface area contributed by atoms with Crippen LogP contribution in [0.5, 0.6) is 0 Å². The fourth-order valence-electron chi connectivity index (χ4n) is 0.728. The summed E-state index contributed by atoms with van der Waals surface area (Å²) in [6.45, 7) is 0. The average molecular weight is 219 g/mol. The minimum atomic E-state index is -1.59. The van der Waals surface area contributed by atoms with Gasteiger partial charge < -0.3 is 5.11 Å². The number of nitrogens with one attached hydrogen (secondary N) is 2. The SMILES string of the molecule is O=C(O)/N=C1\C(=O)NC(=O)N\C1=N\Cl. The molecule has 1 fully saturated rings. The Morgan fingerprint density at radius 1 is 1.36 bits per heavy atom. The van der Waals surface area contributed by atoms with Gasteiger partial charge in [0.2, 0.25) is 0 Å². The van der Waals surface area contributed by atoms with E-state index in [0.717, 1.165) is 0 Å². The van der Waals surface area contributed by atoms with Crippen LogP contribution in [0.4, 0.5) is 9.59 Å². The van der Waals surface area contributed by atoms with E-state index in [0.29, 0.717) is 0 Å². The molecule has 1 heterocycles. The largest absolute Gasteiger partial charge is 0.463 e.